The van der Waals surface area contributed by atoms with E-state index in [4.69, 9.17) is 28.7 Å². The first kappa shape index (κ1) is 23.4. The standard InChI is InChI=1S/C63H40N4SSi/c1-4-21-44(22-5-1)69(45-23-6-2-7-24-45,46-25-8-3-9-26-46)47-35-36-48-42-38-54(60-55(39-42)52-30-14-17-34-59(52)68-60)49-27-10-11-31-53(49)62-64-61(65-63(66-62)56(48)40-47)41-19-18-20-43(37-41)67-57-32-15-12-28-50(57)51-29-13-16-33-58(51)67/h1-40H/i10D,11D,12D,13D,14D,15D,16D,17D,18D,19D,20D,27D,28D,29D,30D,31D,32D,33D,34D,37D,38D,39D. The third-order valence-electron chi connectivity index (χ3n) is 12.5. The van der Waals surface area contributed by atoms with Crippen LogP contribution in [-0.4, -0.2) is 27.6 Å². The van der Waals surface area contributed by atoms with E-state index in [1.807, 2.05) is 97.1 Å². The summed E-state index contributed by atoms with van der Waals surface area (Å²) in [5.74, 6) is -0.626. The van der Waals surface area contributed by atoms with Crippen LogP contribution in [0.25, 0.3) is 103 Å². The molecule has 0 unspecified atom stereocenters. The van der Waals surface area contributed by atoms with Crippen LogP contribution in [0.4, 0.5) is 0 Å². The average Bonchev–Trinajstić information content (AvgIpc) is 1.60. The maximum absolute atomic E-state index is 10.4. The molecule has 14 aromatic rings. The number of aromatic nitrogens is 4. The minimum absolute atomic E-state index is 0.00885. The van der Waals surface area contributed by atoms with E-state index < -0.39 is 196 Å². The number of nitrogens with zero attached hydrogens (tertiary/aromatic N) is 4. The van der Waals surface area contributed by atoms with Crippen LogP contribution in [0.3, 0.4) is 0 Å². The Morgan fingerprint density at radius 2 is 0.942 bits per heavy atom. The molecule has 0 fully saturated rings. The third-order valence-corrected chi connectivity index (χ3v) is 18.4. The van der Waals surface area contributed by atoms with Gasteiger partial charge >= 0.3 is 0 Å². The molecule has 4 heterocycles. The molecule has 0 aliphatic heterocycles. The molecular formula is C63H40N4SSi. The first-order chi connectivity index (χ1) is 43.4. The van der Waals surface area contributed by atoms with Gasteiger partial charge in [0.25, 0.3) is 0 Å². The van der Waals surface area contributed by atoms with Gasteiger partial charge in [-0.05, 0) is 79.2 Å². The van der Waals surface area contributed by atoms with Crippen LogP contribution in [-0.2, 0) is 0 Å². The summed E-state index contributed by atoms with van der Waals surface area (Å²) in [7, 11) is -3.60. The summed E-state index contributed by atoms with van der Waals surface area (Å²) in [6, 6.07) is 18.9. The molecule has 322 valence electrons. The number of para-hydroxylation sites is 2. The number of thiophene rings is 1. The number of hydrogen-bond donors (Lipinski definition) is 0. The van der Waals surface area contributed by atoms with Gasteiger partial charge in [0.1, 0.15) is 0 Å². The predicted octanol–water partition coefficient (Wildman–Crippen LogP) is 13.6. The Kier molecular flexibility index (Phi) is 5.36. The highest BCUT2D eigenvalue weighted by Gasteiger charge is 2.41. The molecule has 4 aromatic heterocycles. The largest absolute Gasteiger partial charge is 0.309 e. The lowest BCUT2D eigenvalue weighted by atomic mass is 10.0. The number of benzene rings is 10. The Morgan fingerprint density at radius 3 is 1.58 bits per heavy atom. The smallest absolute Gasteiger partial charge is 0.179 e. The van der Waals surface area contributed by atoms with Crippen LogP contribution in [0.2, 0.25) is 0 Å². The van der Waals surface area contributed by atoms with Crippen molar-refractivity contribution in [3.8, 4) is 17.1 Å². The quantitative estimate of drug-likeness (QED) is 0.123. The molecule has 0 aliphatic carbocycles. The minimum atomic E-state index is -3.60. The second-order valence-electron chi connectivity index (χ2n) is 16.2. The third kappa shape index (κ3) is 6.16. The van der Waals surface area contributed by atoms with Crippen molar-refractivity contribution in [3.05, 3.63) is 242 Å². The molecule has 0 aliphatic rings. The van der Waals surface area contributed by atoms with E-state index in [-0.39, 0.29) is 47.4 Å². The first-order valence-electron chi connectivity index (χ1n) is 32.6. The zero-order valence-electron chi connectivity index (χ0n) is 57.6. The highest BCUT2D eigenvalue weighted by atomic mass is 32.1. The zero-order chi connectivity index (χ0) is 64.6. The van der Waals surface area contributed by atoms with E-state index >= 15 is 0 Å². The molecule has 0 amide bonds. The lowest BCUT2D eigenvalue weighted by Gasteiger charge is -2.34. The number of fused-ring (bicyclic) bond motifs is 17. The van der Waals surface area contributed by atoms with E-state index in [2.05, 4.69) is 0 Å². The van der Waals surface area contributed by atoms with Gasteiger partial charge in [0, 0.05) is 58.4 Å². The second kappa shape index (κ2) is 15.8. The van der Waals surface area contributed by atoms with E-state index in [0.717, 1.165) is 31.5 Å². The molecule has 0 saturated carbocycles. The van der Waals surface area contributed by atoms with Gasteiger partial charge in [0.15, 0.2) is 25.2 Å². The summed E-state index contributed by atoms with van der Waals surface area (Å²) in [6.45, 7) is 0. The Balaban J connectivity index is 1.26. The normalized spacial score (nSPS) is 16.5. The fourth-order valence-corrected chi connectivity index (χ4v) is 15.4. The van der Waals surface area contributed by atoms with Crippen LogP contribution in [0.1, 0.15) is 30.2 Å². The molecule has 6 heteroatoms. The molecule has 10 aromatic carbocycles. The number of rotatable bonds is 6. The highest BCUT2D eigenvalue weighted by Crippen LogP contribution is 2.41. The molecule has 0 saturated heterocycles. The molecular weight excluding hydrogens is 873 g/mol. The molecule has 4 nitrogen and oxygen atoms in total. The van der Waals surface area contributed by atoms with Crippen molar-refractivity contribution in [1.82, 2.24) is 19.5 Å². The Morgan fingerprint density at radius 1 is 0.406 bits per heavy atom. The van der Waals surface area contributed by atoms with Gasteiger partial charge in [-0.2, -0.15) is 0 Å². The summed E-state index contributed by atoms with van der Waals surface area (Å²) < 4.78 is 206. The van der Waals surface area contributed by atoms with Gasteiger partial charge in [-0.25, -0.2) is 15.0 Å². The molecule has 4 bridgehead atoms. The van der Waals surface area contributed by atoms with E-state index in [1.54, 1.807) is 12.1 Å². The van der Waals surface area contributed by atoms with Gasteiger partial charge in [-0.15, -0.1) is 11.3 Å². The summed E-state index contributed by atoms with van der Waals surface area (Å²) in [5.41, 5.74) is -3.22. The fraction of sp³-hybridized carbons (Fsp3) is 0. The summed E-state index contributed by atoms with van der Waals surface area (Å²) in [6.07, 6.45) is 0. The Bertz CT molecular complexity index is 5520. The van der Waals surface area contributed by atoms with Gasteiger partial charge in [0.05, 0.1) is 41.2 Å². The molecule has 14 rings (SSSR count). The molecule has 0 N–H and O–H groups in total. The number of hydrogen-bond acceptors (Lipinski definition) is 4. The van der Waals surface area contributed by atoms with E-state index in [1.165, 1.54) is 0 Å². The maximum Gasteiger partial charge on any atom is 0.179 e. The van der Waals surface area contributed by atoms with Crippen molar-refractivity contribution in [2.24, 2.45) is 0 Å². The van der Waals surface area contributed by atoms with Crippen LogP contribution in [0.15, 0.2) is 242 Å². The van der Waals surface area contributed by atoms with Crippen molar-refractivity contribution in [2.45, 2.75) is 0 Å². The molecule has 0 spiro atoms. The van der Waals surface area contributed by atoms with Gasteiger partial charge in [-0.1, -0.05) is 200 Å². The topological polar surface area (TPSA) is 43.6 Å². The Labute approximate surface area is 433 Å². The Hall–Kier alpha value is -8.55. The van der Waals surface area contributed by atoms with Crippen molar-refractivity contribution in [3.63, 3.8) is 0 Å². The van der Waals surface area contributed by atoms with Gasteiger partial charge < -0.3 is 4.57 Å². The lowest BCUT2D eigenvalue weighted by Crippen LogP contribution is -2.74. The van der Waals surface area contributed by atoms with Gasteiger partial charge in [0.2, 0.25) is 0 Å². The predicted molar refractivity (Wildman–Crippen MR) is 295 cm³/mol. The van der Waals surface area contributed by atoms with Crippen molar-refractivity contribution < 1.29 is 30.2 Å². The second-order valence-corrected chi connectivity index (χ2v) is 21.0. The van der Waals surface area contributed by atoms with Crippen LogP contribution < -0.4 is 20.7 Å². The molecule has 69 heavy (non-hydrogen) atoms. The van der Waals surface area contributed by atoms with Crippen molar-refractivity contribution in [2.75, 3.05) is 0 Å². The maximum atomic E-state index is 10.4. The van der Waals surface area contributed by atoms with Crippen molar-refractivity contribution in [1.29, 1.82) is 0 Å². The molecule has 0 radical (unpaired) electrons. The zero-order valence-corrected chi connectivity index (χ0v) is 37.4. The summed E-state index contributed by atoms with van der Waals surface area (Å²) >= 11 is 0.797. The summed E-state index contributed by atoms with van der Waals surface area (Å²) in [4.78, 5) is 15.0. The monoisotopic (exact) mass is 934 g/mol. The van der Waals surface area contributed by atoms with Crippen LogP contribution in [0, 0.1) is 0 Å². The van der Waals surface area contributed by atoms with E-state index in [0.29, 0.717) is 5.19 Å². The molecule has 0 atom stereocenters. The average molecular weight is 935 g/mol. The van der Waals surface area contributed by atoms with Crippen LogP contribution >= 0.6 is 11.3 Å². The van der Waals surface area contributed by atoms with Crippen LogP contribution in [0.5, 0.6) is 0 Å². The fourth-order valence-electron chi connectivity index (χ4n) is 9.60. The highest BCUT2D eigenvalue weighted by molar-refractivity contribution is 7.26. The SMILES string of the molecule is [2H]c1c([2H])c(-c2nc3nc(n2)c2c([2H])c([2H])c([2H])c([2H])c2c2c([2H])c(c([2H])c4c2sc2c([2H])c([2H])c([2H])c([2H])c24)c2ccc([Si](c4ccccc4)(c4ccccc4)c4ccccc4)cc32)c([2H])c(-n2c3c([2H])c([2H])c([2H])c([2H])c3c3c([2H])c([2H])c([2H])c([2H])c32)c1[2H]. The summed E-state index contributed by atoms with van der Waals surface area (Å²) in [5, 5.41) is 1.32. The van der Waals surface area contributed by atoms with Crippen molar-refractivity contribution >= 4 is 126 Å². The minimum Gasteiger partial charge on any atom is -0.309 e. The van der Waals surface area contributed by atoms with E-state index in [9.17, 15) is 16.4 Å². The van der Waals surface area contributed by atoms with Gasteiger partial charge in [-0.3, -0.25) is 0 Å². The lowest BCUT2D eigenvalue weighted by molar-refractivity contribution is 1.16. The first-order valence-corrected chi connectivity index (χ1v) is 24.5.